The van der Waals surface area contributed by atoms with Crippen LogP contribution in [0.3, 0.4) is 0 Å². The minimum absolute atomic E-state index is 0.228. The maximum absolute atomic E-state index is 11.4. The first kappa shape index (κ1) is 12.6. The molecule has 0 amide bonds. The van der Waals surface area contributed by atoms with E-state index in [1.54, 1.807) is 11.0 Å². The number of methoxy groups -OCH3 is 1. The van der Waals surface area contributed by atoms with Crippen LogP contribution in [0.5, 0.6) is 0 Å². The molecule has 0 fully saturated rings. The van der Waals surface area contributed by atoms with E-state index in [0.717, 1.165) is 0 Å². The van der Waals surface area contributed by atoms with Crippen molar-refractivity contribution >= 4 is 5.97 Å². The Morgan fingerprint density at radius 3 is 2.81 bits per heavy atom. The molecule has 0 aliphatic heterocycles. The van der Waals surface area contributed by atoms with Gasteiger partial charge in [-0.15, -0.1) is 0 Å². The number of ether oxygens (including phenoxy) is 1. The predicted molar refractivity (Wildman–Crippen MR) is 58.5 cm³/mol. The van der Waals surface area contributed by atoms with Crippen molar-refractivity contribution in [3.8, 4) is 0 Å². The minimum atomic E-state index is -0.538. The van der Waals surface area contributed by atoms with Gasteiger partial charge in [-0.2, -0.15) is 5.10 Å². The highest BCUT2D eigenvalue weighted by Gasteiger charge is 2.28. The van der Waals surface area contributed by atoms with E-state index in [4.69, 9.17) is 4.74 Å². The summed E-state index contributed by atoms with van der Waals surface area (Å²) in [7, 11) is 3.21. The molecule has 16 heavy (non-hydrogen) atoms. The van der Waals surface area contributed by atoms with Gasteiger partial charge in [0.25, 0.3) is 0 Å². The molecule has 0 aromatic carbocycles. The highest BCUT2D eigenvalue weighted by Crippen LogP contribution is 2.15. The molecule has 1 N–H and O–H groups in total. The van der Waals surface area contributed by atoms with Crippen LogP contribution in [0.25, 0.3) is 0 Å². The zero-order valence-corrected chi connectivity index (χ0v) is 10.1. The van der Waals surface area contributed by atoms with Crippen molar-refractivity contribution in [2.24, 2.45) is 12.5 Å². The molecule has 1 rings (SSSR count). The molecule has 0 radical (unpaired) electrons. The number of hydrogen-bond acceptors (Lipinski definition) is 5. The third-order valence-corrected chi connectivity index (χ3v) is 2.24. The lowest BCUT2D eigenvalue weighted by molar-refractivity contribution is -0.150. The zero-order valence-electron chi connectivity index (χ0n) is 10.1. The Balaban J connectivity index is 2.38. The van der Waals surface area contributed by atoms with E-state index in [2.05, 4.69) is 15.4 Å². The van der Waals surface area contributed by atoms with Crippen molar-refractivity contribution in [2.75, 3.05) is 13.7 Å². The number of esters is 1. The van der Waals surface area contributed by atoms with E-state index in [9.17, 15) is 4.79 Å². The van der Waals surface area contributed by atoms with E-state index in [1.807, 2.05) is 20.9 Å². The molecular weight excluding hydrogens is 208 g/mol. The van der Waals surface area contributed by atoms with Crippen LogP contribution in [0.2, 0.25) is 0 Å². The number of carbonyl (C=O) groups is 1. The van der Waals surface area contributed by atoms with Gasteiger partial charge in [-0.25, -0.2) is 4.98 Å². The van der Waals surface area contributed by atoms with Crippen LogP contribution in [-0.2, 0) is 23.1 Å². The molecule has 90 valence electrons. The Morgan fingerprint density at radius 1 is 1.62 bits per heavy atom. The van der Waals surface area contributed by atoms with Gasteiger partial charge < -0.3 is 10.1 Å². The highest BCUT2D eigenvalue weighted by atomic mass is 16.5. The normalized spacial score (nSPS) is 11.5. The fraction of sp³-hybridized carbons (Fsp3) is 0.700. The van der Waals surface area contributed by atoms with E-state index in [1.165, 1.54) is 7.11 Å². The summed E-state index contributed by atoms with van der Waals surface area (Å²) in [4.78, 5) is 15.5. The average molecular weight is 226 g/mol. The lowest BCUT2D eigenvalue weighted by Gasteiger charge is -2.21. The number of rotatable bonds is 5. The lowest BCUT2D eigenvalue weighted by Crippen LogP contribution is -2.36. The Hall–Kier alpha value is -1.43. The molecule has 0 atom stereocenters. The largest absolute Gasteiger partial charge is 0.469 e. The molecule has 0 spiro atoms. The third-order valence-electron chi connectivity index (χ3n) is 2.24. The molecule has 6 heteroatoms. The van der Waals surface area contributed by atoms with Crippen molar-refractivity contribution in [1.29, 1.82) is 0 Å². The van der Waals surface area contributed by atoms with Crippen LogP contribution in [-0.4, -0.2) is 34.4 Å². The standard InChI is InChI=1S/C10H18N4O2/c1-10(2,9(15)16-4)6-11-5-8-12-7-14(3)13-8/h7,11H,5-6H2,1-4H3. The van der Waals surface area contributed by atoms with Crippen molar-refractivity contribution in [3.05, 3.63) is 12.2 Å². The van der Waals surface area contributed by atoms with Gasteiger partial charge in [0, 0.05) is 13.6 Å². The molecule has 0 aliphatic rings. The van der Waals surface area contributed by atoms with Gasteiger partial charge in [-0.1, -0.05) is 0 Å². The van der Waals surface area contributed by atoms with Gasteiger partial charge in [0.05, 0.1) is 19.1 Å². The van der Waals surface area contributed by atoms with Crippen LogP contribution in [0.4, 0.5) is 0 Å². The van der Waals surface area contributed by atoms with Crippen molar-refractivity contribution in [2.45, 2.75) is 20.4 Å². The fourth-order valence-electron chi connectivity index (χ4n) is 1.30. The monoisotopic (exact) mass is 226 g/mol. The van der Waals surface area contributed by atoms with Crippen LogP contribution in [0.15, 0.2) is 6.33 Å². The molecule has 1 aromatic heterocycles. The smallest absolute Gasteiger partial charge is 0.312 e. The quantitative estimate of drug-likeness (QED) is 0.721. The molecule has 0 saturated carbocycles. The lowest BCUT2D eigenvalue weighted by atomic mass is 9.94. The van der Waals surface area contributed by atoms with E-state index >= 15 is 0 Å². The summed E-state index contributed by atoms with van der Waals surface area (Å²) < 4.78 is 6.35. The second kappa shape index (κ2) is 5.07. The number of aromatic nitrogens is 3. The predicted octanol–water partition coefficient (Wildman–Crippen LogP) is 0.104. The van der Waals surface area contributed by atoms with Crippen molar-refractivity contribution in [1.82, 2.24) is 20.1 Å². The first-order valence-corrected chi connectivity index (χ1v) is 5.09. The van der Waals surface area contributed by atoms with Crippen LogP contribution in [0, 0.1) is 5.41 Å². The van der Waals surface area contributed by atoms with Crippen molar-refractivity contribution < 1.29 is 9.53 Å². The number of nitrogens with one attached hydrogen (secondary N) is 1. The first-order chi connectivity index (χ1) is 7.45. The number of carbonyl (C=O) groups excluding carboxylic acids is 1. The summed E-state index contributed by atoms with van der Waals surface area (Å²) in [5.41, 5.74) is -0.538. The SMILES string of the molecule is COC(=O)C(C)(C)CNCc1ncn(C)n1. The summed E-state index contributed by atoms with van der Waals surface area (Å²) in [5.74, 6) is 0.483. The molecule has 0 aliphatic carbocycles. The summed E-state index contributed by atoms with van der Waals surface area (Å²) >= 11 is 0. The minimum Gasteiger partial charge on any atom is -0.469 e. The summed E-state index contributed by atoms with van der Waals surface area (Å²) in [6.45, 7) is 4.73. The topological polar surface area (TPSA) is 69.0 Å². The number of nitrogens with zero attached hydrogens (tertiary/aromatic N) is 3. The molecule has 6 nitrogen and oxygen atoms in total. The van der Waals surface area contributed by atoms with Gasteiger partial charge in [0.2, 0.25) is 0 Å². The van der Waals surface area contributed by atoms with E-state index in [-0.39, 0.29) is 5.97 Å². The Morgan fingerprint density at radius 2 is 2.31 bits per heavy atom. The van der Waals surface area contributed by atoms with Gasteiger partial charge in [-0.3, -0.25) is 9.48 Å². The summed E-state index contributed by atoms with van der Waals surface area (Å²) in [6, 6.07) is 0. The molecule has 1 aromatic rings. The van der Waals surface area contributed by atoms with E-state index < -0.39 is 5.41 Å². The van der Waals surface area contributed by atoms with Crippen molar-refractivity contribution in [3.63, 3.8) is 0 Å². The molecule has 0 saturated heterocycles. The molecule has 0 unspecified atom stereocenters. The van der Waals surface area contributed by atoms with Gasteiger partial charge in [-0.05, 0) is 13.8 Å². The van der Waals surface area contributed by atoms with E-state index in [0.29, 0.717) is 18.9 Å². The van der Waals surface area contributed by atoms with Crippen LogP contribution < -0.4 is 5.32 Å². The second-order valence-corrected chi connectivity index (χ2v) is 4.31. The zero-order chi connectivity index (χ0) is 12.2. The highest BCUT2D eigenvalue weighted by molar-refractivity contribution is 5.76. The van der Waals surface area contributed by atoms with Crippen LogP contribution >= 0.6 is 0 Å². The first-order valence-electron chi connectivity index (χ1n) is 5.09. The van der Waals surface area contributed by atoms with Crippen LogP contribution in [0.1, 0.15) is 19.7 Å². The Labute approximate surface area is 95.0 Å². The Bertz CT molecular complexity index is 359. The molecule has 1 heterocycles. The maximum Gasteiger partial charge on any atom is 0.312 e. The summed E-state index contributed by atoms with van der Waals surface area (Å²) in [6.07, 6.45) is 1.64. The third kappa shape index (κ3) is 3.30. The van der Waals surface area contributed by atoms with Gasteiger partial charge in [0.15, 0.2) is 5.82 Å². The molecule has 0 bridgehead atoms. The fourth-order valence-corrected chi connectivity index (χ4v) is 1.30. The van der Waals surface area contributed by atoms with Gasteiger partial charge >= 0.3 is 5.97 Å². The Kier molecular flexibility index (Phi) is 4.00. The second-order valence-electron chi connectivity index (χ2n) is 4.31. The number of aryl methyl sites for hydroxylation is 1. The summed E-state index contributed by atoms with van der Waals surface area (Å²) in [5, 5.41) is 7.25. The maximum atomic E-state index is 11.4. The molecular formula is C10H18N4O2. The number of hydrogen-bond donors (Lipinski definition) is 1. The van der Waals surface area contributed by atoms with Gasteiger partial charge in [0.1, 0.15) is 6.33 Å². The average Bonchev–Trinajstić information content (AvgIpc) is 2.62.